The number of H-pyrrole nitrogens is 1. The summed E-state index contributed by atoms with van der Waals surface area (Å²) in [5.74, 6) is 0. The van der Waals surface area contributed by atoms with Crippen molar-refractivity contribution < 1.29 is 51.2 Å². The first-order chi connectivity index (χ1) is 2.50. The molecule has 7 heteroatoms. The molecule has 0 saturated carbocycles. The maximum Gasteiger partial charge on any atom is 3.00 e. The molecule has 2 radical (unpaired) electrons. The zero-order chi connectivity index (χ0) is 3.54. The van der Waals surface area contributed by atoms with Crippen molar-refractivity contribution in [2.45, 2.75) is 0 Å². The normalized spacial score (nSPS) is 4.00. The molecule has 0 atom stereocenters. The fraction of sp³-hybridized carbons (Fsp3) is 0. The molecular weight excluding hydrogens is 216 g/mol. The van der Waals surface area contributed by atoms with Gasteiger partial charge < -0.3 is 16.4 Å². The van der Waals surface area contributed by atoms with Crippen LogP contribution in [0.4, 0.5) is 0 Å². The van der Waals surface area contributed by atoms with Crippen LogP contribution in [-0.2, 0) is 51.2 Å². The van der Waals surface area contributed by atoms with Crippen LogP contribution in [0.15, 0.2) is 18.5 Å². The summed E-state index contributed by atoms with van der Waals surface area (Å²) in [6.07, 6.45) is 3.46. The Kier molecular flexibility index (Phi) is 73.4. The van der Waals surface area contributed by atoms with Crippen molar-refractivity contribution in [3.05, 3.63) is 18.5 Å². The van der Waals surface area contributed by atoms with Crippen LogP contribution in [0, 0.1) is 0 Å². The van der Waals surface area contributed by atoms with Crippen LogP contribution in [0.1, 0.15) is 0 Å². The summed E-state index contributed by atoms with van der Waals surface area (Å²) in [5, 5.41) is 6.21. The number of aromatic amines is 1. The number of aromatic nitrogens is 2. The Morgan fingerprint density at radius 2 is 1.50 bits per heavy atom. The molecular formula is C3H4Cr2N2O3. The van der Waals surface area contributed by atoms with Crippen molar-refractivity contribution in [3.8, 4) is 0 Å². The molecule has 5 nitrogen and oxygen atoms in total. The van der Waals surface area contributed by atoms with Crippen molar-refractivity contribution in [3.63, 3.8) is 0 Å². The van der Waals surface area contributed by atoms with E-state index >= 15 is 0 Å². The first kappa shape index (κ1) is 32.0. The molecule has 0 aliphatic heterocycles. The van der Waals surface area contributed by atoms with Gasteiger partial charge in [0, 0.05) is 12.4 Å². The monoisotopic (exact) mass is 220 g/mol. The van der Waals surface area contributed by atoms with Gasteiger partial charge in [0.25, 0.3) is 0 Å². The Morgan fingerprint density at radius 3 is 1.60 bits per heavy atom. The summed E-state index contributed by atoms with van der Waals surface area (Å²) >= 11 is 0. The minimum Gasteiger partial charge on any atom is -2.00 e. The standard InChI is InChI=1S/C3H4N2.2Cr.3O/c1-2-4-5-3-1;;;;;/h1-3H,(H,4,5);;;;;/q;2*+3;3*-2. The van der Waals surface area contributed by atoms with Crippen LogP contribution in [0.25, 0.3) is 0 Å². The first-order valence-corrected chi connectivity index (χ1v) is 1.44. The van der Waals surface area contributed by atoms with E-state index in [1.54, 1.807) is 12.4 Å². The van der Waals surface area contributed by atoms with E-state index in [0.717, 1.165) is 0 Å². The van der Waals surface area contributed by atoms with E-state index in [1.165, 1.54) is 0 Å². The van der Waals surface area contributed by atoms with Crippen molar-refractivity contribution >= 4 is 0 Å². The van der Waals surface area contributed by atoms with E-state index < -0.39 is 0 Å². The third kappa shape index (κ3) is 15.7. The number of nitrogens with zero attached hydrogens (tertiary/aromatic N) is 1. The van der Waals surface area contributed by atoms with Crippen LogP contribution < -0.4 is 0 Å². The van der Waals surface area contributed by atoms with E-state index in [0.29, 0.717) is 0 Å². The van der Waals surface area contributed by atoms with E-state index in [2.05, 4.69) is 10.2 Å². The summed E-state index contributed by atoms with van der Waals surface area (Å²) in [5.41, 5.74) is 0. The minimum absolute atomic E-state index is 0. The van der Waals surface area contributed by atoms with Crippen molar-refractivity contribution in [1.82, 2.24) is 10.2 Å². The predicted molar refractivity (Wildman–Crippen MR) is 20.6 cm³/mol. The van der Waals surface area contributed by atoms with E-state index in [9.17, 15) is 0 Å². The number of hydrogen-bond donors (Lipinski definition) is 1. The van der Waals surface area contributed by atoms with E-state index in [-0.39, 0.29) is 51.2 Å². The fourth-order valence-electron chi connectivity index (χ4n) is 0.215. The Hall–Kier alpha value is 0.155. The molecule has 0 aromatic carbocycles. The van der Waals surface area contributed by atoms with Gasteiger partial charge in [0.2, 0.25) is 0 Å². The topological polar surface area (TPSA) is 114 Å². The smallest absolute Gasteiger partial charge is 2.00 e. The van der Waals surface area contributed by atoms with Crippen LogP contribution >= 0.6 is 0 Å². The summed E-state index contributed by atoms with van der Waals surface area (Å²) in [4.78, 5) is 0. The van der Waals surface area contributed by atoms with Gasteiger partial charge >= 0.3 is 34.7 Å². The van der Waals surface area contributed by atoms with Gasteiger partial charge in [0.05, 0.1) is 0 Å². The van der Waals surface area contributed by atoms with Crippen molar-refractivity contribution in [1.29, 1.82) is 0 Å². The van der Waals surface area contributed by atoms with E-state index in [4.69, 9.17) is 0 Å². The Morgan fingerprint density at radius 1 is 1.00 bits per heavy atom. The third-order valence-electron chi connectivity index (χ3n) is 0.406. The zero-order valence-electron chi connectivity index (χ0n) is 4.72. The van der Waals surface area contributed by atoms with E-state index in [1.807, 2.05) is 6.07 Å². The van der Waals surface area contributed by atoms with Crippen LogP contribution in [-0.4, -0.2) is 10.2 Å². The first-order valence-electron chi connectivity index (χ1n) is 1.44. The molecule has 0 aliphatic rings. The van der Waals surface area contributed by atoms with Gasteiger partial charge in [-0.15, -0.1) is 0 Å². The molecule has 0 amide bonds. The maximum atomic E-state index is 3.60. The molecule has 1 rings (SSSR count). The molecule has 0 unspecified atom stereocenters. The molecule has 1 aromatic heterocycles. The van der Waals surface area contributed by atoms with Gasteiger partial charge in [0.1, 0.15) is 0 Å². The fourth-order valence-corrected chi connectivity index (χ4v) is 0.215. The van der Waals surface area contributed by atoms with Crippen molar-refractivity contribution in [2.75, 3.05) is 0 Å². The summed E-state index contributed by atoms with van der Waals surface area (Å²) in [6.45, 7) is 0. The molecule has 0 saturated heterocycles. The molecule has 1 heterocycles. The third-order valence-corrected chi connectivity index (χ3v) is 0.406. The average Bonchev–Trinajstić information content (AvgIpc) is 1.76. The predicted octanol–water partition coefficient (Wildman–Crippen LogP) is 0.0483. The Balaban J connectivity index is -0.0000000167. The molecule has 56 valence electrons. The Labute approximate surface area is 80.0 Å². The molecule has 0 fully saturated rings. The van der Waals surface area contributed by atoms with Gasteiger partial charge in [-0.1, -0.05) is 0 Å². The maximum absolute atomic E-state index is 3.60. The van der Waals surface area contributed by atoms with Crippen LogP contribution in [0.2, 0.25) is 0 Å². The number of hydrogen-bond acceptors (Lipinski definition) is 1. The molecule has 1 aromatic rings. The molecule has 10 heavy (non-hydrogen) atoms. The van der Waals surface area contributed by atoms with Gasteiger partial charge in [-0.05, 0) is 6.07 Å². The second-order valence-electron chi connectivity index (χ2n) is 0.766. The summed E-state index contributed by atoms with van der Waals surface area (Å²) in [6, 6.07) is 1.83. The quantitative estimate of drug-likeness (QED) is 0.653. The molecule has 0 spiro atoms. The SMILES string of the molecule is [Cr+3].[Cr+3].[O-2].[O-2].[O-2].c1cn[nH]c1. The second kappa shape index (κ2) is 22.9. The summed E-state index contributed by atoms with van der Waals surface area (Å²) < 4.78 is 0. The summed E-state index contributed by atoms with van der Waals surface area (Å²) in [7, 11) is 0. The van der Waals surface area contributed by atoms with Gasteiger partial charge in [-0.3, -0.25) is 5.10 Å². The number of rotatable bonds is 0. The van der Waals surface area contributed by atoms with Crippen molar-refractivity contribution in [2.24, 2.45) is 0 Å². The largest absolute Gasteiger partial charge is 3.00 e. The number of nitrogens with one attached hydrogen (secondary N) is 1. The van der Waals surface area contributed by atoms with Gasteiger partial charge in [-0.25, -0.2) is 0 Å². The van der Waals surface area contributed by atoms with Gasteiger partial charge in [-0.2, -0.15) is 5.10 Å². The van der Waals surface area contributed by atoms with Crippen LogP contribution in [0.5, 0.6) is 0 Å². The zero-order valence-corrected chi connectivity index (χ0v) is 7.27. The Bertz CT molecular complexity index is 76.2. The molecule has 0 aliphatic carbocycles. The molecule has 1 N–H and O–H groups in total. The van der Waals surface area contributed by atoms with Crippen LogP contribution in [0.3, 0.4) is 0 Å². The van der Waals surface area contributed by atoms with Gasteiger partial charge in [0.15, 0.2) is 0 Å². The molecule has 0 bridgehead atoms. The minimum atomic E-state index is 0. The average molecular weight is 220 g/mol. The second-order valence-corrected chi connectivity index (χ2v) is 0.766.